The van der Waals surface area contributed by atoms with Crippen LogP contribution in [0.4, 0.5) is 5.00 Å². The molecule has 2 aromatic heterocycles. The summed E-state index contributed by atoms with van der Waals surface area (Å²) < 4.78 is 0. The molecule has 0 aromatic carbocycles. The molecule has 0 aliphatic heterocycles. The SMILES string of the molecule is Cc1csc(-c2c(N)sc3c2CCCCC3)n1. The first kappa shape index (κ1) is 11.2. The first-order valence-corrected chi connectivity index (χ1v) is 7.78. The van der Waals surface area contributed by atoms with Crippen molar-refractivity contribution in [2.45, 2.75) is 39.0 Å². The van der Waals surface area contributed by atoms with Gasteiger partial charge >= 0.3 is 0 Å². The highest BCUT2D eigenvalue weighted by molar-refractivity contribution is 7.18. The lowest BCUT2D eigenvalue weighted by atomic mass is 10.1. The van der Waals surface area contributed by atoms with Crippen LogP contribution in [0, 0.1) is 6.92 Å². The van der Waals surface area contributed by atoms with Gasteiger partial charge in [-0.25, -0.2) is 4.98 Å². The molecule has 0 atom stereocenters. The van der Waals surface area contributed by atoms with E-state index in [1.807, 2.05) is 6.92 Å². The van der Waals surface area contributed by atoms with Crippen molar-refractivity contribution in [1.82, 2.24) is 4.98 Å². The second-order valence-corrected chi connectivity index (χ2v) is 6.59. The van der Waals surface area contributed by atoms with E-state index in [1.54, 1.807) is 22.7 Å². The zero-order valence-electron chi connectivity index (χ0n) is 9.95. The Morgan fingerprint density at radius 1 is 1.24 bits per heavy atom. The summed E-state index contributed by atoms with van der Waals surface area (Å²) in [4.78, 5) is 6.10. The highest BCUT2D eigenvalue weighted by Crippen LogP contribution is 2.42. The lowest BCUT2D eigenvalue weighted by molar-refractivity contribution is 0.713. The summed E-state index contributed by atoms with van der Waals surface area (Å²) in [7, 11) is 0. The Morgan fingerprint density at radius 2 is 2.06 bits per heavy atom. The number of rotatable bonds is 1. The first-order chi connectivity index (χ1) is 8.25. The zero-order valence-corrected chi connectivity index (χ0v) is 11.6. The summed E-state index contributed by atoms with van der Waals surface area (Å²) in [6.07, 6.45) is 6.33. The fraction of sp³-hybridized carbons (Fsp3) is 0.462. The van der Waals surface area contributed by atoms with Gasteiger partial charge in [0.05, 0.1) is 5.00 Å². The van der Waals surface area contributed by atoms with Crippen LogP contribution in [0.1, 0.15) is 35.4 Å². The van der Waals surface area contributed by atoms with E-state index in [9.17, 15) is 0 Å². The maximum atomic E-state index is 6.20. The third-order valence-corrected chi connectivity index (χ3v) is 5.38. The molecule has 17 heavy (non-hydrogen) atoms. The highest BCUT2D eigenvalue weighted by Gasteiger charge is 2.21. The molecule has 4 heteroatoms. The van der Waals surface area contributed by atoms with Gasteiger partial charge in [-0.1, -0.05) is 6.42 Å². The third-order valence-electron chi connectivity index (χ3n) is 3.28. The number of nitrogens with two attached hydrogens (primary N) is 1. The van der Waals surface area contributed by atoms with Gasteiger partial charge in [0.1, 0.15) is 5.01 Å². The minimum Gasteiger partial charge on any atom is -0.390 e. The van der Waals surface area contributed by atoms with Crippen LogP contribution in [0.3, 0.4) is 0 Å². The summed E-state index contributed by atoms with van der Waals surface area (Å²) in [6.45, 7) is 2.04. The van der Waals surface area contributed by atoms with Crippen LogP contribution in [0.5, 0.6) is 0 Å². The number of aryl methyl sites for hydroxylation is 2. The molecule has 2 N–H and O–H groups in total. The molecule has 0 bridgehead atoms. The Kier molecular flexibility index (Phi) is 2.92. The van der Waals surface area contributed by atoms with E-state index in [0.29, 0.717) is 0 Å². The second-order valence-electron chi connectivity index (χ2n) is 4.60. The van der Waals surface area contributed by atoms with E-state index in [2.05, 4.69) is 10.4 Å². The second kappa shape index (κ2) is 4.42. The number of nitrogens with zero attached hydrogens (tertiary/aromatic N) is 1. The summed E-state index contributed by atoms with van der Waals surface area (Å²) in [5.41, 5.74) is 10.0. The van der Waals surface area contributed by atoms with Gasteiger partial charge in [0.15, 0.2) is 0 Å². The van der Waals surface area contributed by atoms with E-state index in [4.69, 9.17) is 5.73 Å². The van der Waals surface area contributed by atoms with Crippen LogP contribution in [-0.4, -0.2) is 4.98 Å². The van der Waals surface area contributed by atoms with E-state index < -0.39 is 0 Å². The molecule has 3 rings (SSSR count). The van der Waals surface area contributed by atoms with Crippen molar-refractivity contribution in [3.63, 3.8) is 0 Å². The number of thiophene rings is 1. The normalized spacial score (nSPS) is 15.6. The van der Waals surface area contributed by atoms with E-state index >= 15 is 0 Å². The zero-order chi connectivity index (χ0) is 11.8. The van der Waals surface area contributed by atoms with E-state index in [-0.39, 0.29) is 0 Å². The van der Waals surface area contributed by atoms with Crippen molar-refractivity contribution in [3.8, 4) is 10.6 Å². The minimum absolute atomic E-state index is 0.964. The number of nitrogen functional groups attached to an aromatic ring is 1. The summed E-state index contributed by atoms with van der Waals surface area (Å²) in [6, 6.07) is 0. The Bertz CT molecular complexity index is 540. The van der Waals surface area contributed by atoms with Crippen molar-refractivity contribution in [2.75, 3.05) is 5.73 Å². The molecular formula is C13H16N2S2. The van der Waals surface area contributed by atoms with Gasteiger partial charge in [0, 0.05) is 21.5 Å². The standard InChI is InChI=1S/C13H16N2S2/c1-8-7-16-13(15-8)11-9-5-3-2-4-6-10(9)17-12(11)14/h7H,2-6,14H2,1H3. The van der Waals surface area contributed by atoms with E-state index in [1.165, 1.54) is 48.1 Å². The molecule has 0 amide bonds. The quantitative estimate of drug-likeness (QED) is 0.790. The highest BCUT2D eigenvalue weighted by atomic mass is 32.1. The van der Waals surface area contributed by atoms with Gasteiger partial charge in [0.2, 0.25) is 0 Å². The molecular weight excluding hydrogens is 248 g/mol. The molecule has 2 heterocycles. The van der Waals surface area contributed by atoms with Crippen LogP contribution in [0.2, 0.25) is 0 Å². The summed E-state index contributed by atoms with van der Waals surface area (Å²) in [5.74, 6) is 0. The fourth-order valence-corrected chi connectivity index (χ4v) is 4.58. The molecule has 0 spiro atoms. The lowest BCUT2D eigenvalue weighted by Gasteiger charge is -2.01. The van der Waals surface area contributed by atoms with Gasteiger partial charge in [-0.15, -0.1) is 22.7 Å². The monoisotopic (exact) mass is 264 g/mol. The van der Waals surface area contributed by atoms with Gasteiger partial charge in [-0.2, -0.15) is 0 Å². The Balaban J connectivity index is 2.12. The van der Waals surface area contributed by atoms with Gasteiger partial charge in [-0.3, -0.25) is 0 Å². The topological polar surface area (TPSA) is 38.9 Å². The third kappa shape index (κ3) is 2.00. The van der Waals surface area contributed by atoms with Crippen LogP contribution in [0.15, 0.2) is 5.38 Å². The average molecular weight is 264 g/mol. The van der Waals surface area contributed by atoms with Crippen molar-refractivity contribution in [3.05, 3.63) is 21.5 Å². The van der Waals surface area contributed by atoms with Crippen LogP contribution < -0.4 is 5.73 Å². The molecule has 2 nitrogen and oxygen atoms in total. The number of anilines is 1. The average Bonchev–Trinajstić information content (AvgIpc) is 2.75. The van der Waals surface area contributed by atoms with Crippen molar-refractivity contribution >= 4 is 27.7 Å². The number of hydrogen-bond donors (Lipinski definition) is 1. The molecule has 0 saturated heterocycles. The van der Waals surface area contributed by atoms with Gasteiger partial charge in [0.25, 0.3) is 0 Å². The summed E-state index contributed by atoms with van der Waals surface area (Å²) in [5, 5.41) is 4.18. The lowest BCUT2D eigenvalue weighted by Crippen LogP contribution is -1.90. The van der Waals surface area contributed by atoms with Crippen molar-refractivity contribution in [1.29, 1.82) is 0 Å². The molecule has 0 radical (unpaired) electrons. The number of aromatic nitrogens is 1. The maximum absolute atomic E-state index is 6.20. The molecule has 90 valence electrons. The van der Waals surface area contributed by atoms with Crippen LogP contribution in [0.25, 0.3) is 10.6 Å². The molecule has 0 unspecified atom stereocenters. The van der Waals surface area contributed by atoms with Crippen LogP contribution >= 0.6 is 22.7 Å². The predicted molar refractivity (Wildman–Crippen MR) is 75.8 cm³/mol. The molecule has 1 aliphatic rings. The Labute approximate surface area is 110 Å². The Morgan fingerprint density at radius 3 is 2.82 bits per heavy atom. The maximum Gasteiger partial charge on any atom is 0.126 e. The molecule has 0 saturated carbocycles. The first-order valence-electron chi connectivity index (χ1n) is 6.08. The fourth-order valence-electron chi connectivity index (χ4n) is 2.47. The largest absolute Gasteiger partial charge is 0.390 e. The van der Waals surface area contributed by atoms with Crippen LogP contribution in [-0.2, 0) is 12.8 Å². The predicted octanol–water partition coefficient (Wildman–Crippen LogP) is 4.03. The number of fused-ring (bicyclic) bond motifs is 1. The molecule has 0 fully saturated rings. The van der Waals surface area contributed by atoms with Crippen molar-refractivity contribution < 1.29 is 0 Å². The Hall–Kier alpha value is -0.870. The summed E-state index contributed by atoms with van der Waals surface area (Å²) >= 11 is 3.50. The smallest absolute Gasteiger partial charge is 0.126 e. The van der Waals surface area contributed by atoms with E-state index in [0.717, 1.165) is 15.7 Å². The molecule has 2 aromatic rings. The number of hydrogen-bond acceptors (Lipinski definition) is 4. The van der Waals surface area contributed by atoms with Gasteiger partial charge in [-0.05, 0) is 38.2 Å². The molecule has 1 aliphatic carbocycles. The van der Waals surface area contributed by atoms with Crippen molar-refractivity contribution in [2.24, 2.45) is 0 Å². The number of thiazole rings is 1. The van der Waals surface area contributed by atoms with Gasteiger partial charge < -0.3 is 5.73 Å². The minimum atomic E-state index is 0.964.